The highest BCUT2D eigenvalue weighted by atomic mass is 79.9. The number of anilines is 1. The molecule has 4 rings (SSSR count). The zero-order valence-electron chi connectivity index (χ0n) is 15.1. The average Bonchev–Trinajstić information content (AvgIpc) is 2.94. The van der Waals surface area contributed by atoms with Crippen LogP contribution in [0.1, 0.15) is 36.8 Å². The lowest BCUT2D eigenvalue weighted by Gasteiger charge is -2.43. The molecule has 2 aromatic carbocycles. The summed E-state index contributed by atoms with van der Waals surface area (Å²) in [6, 6.07) is 16.4. The molecule has 0 unspecified atom stereocenters. The molecule has 0 atom stereocenters. The summed E-state index contributed by atoms with van der Waals surface area (Å²) in [4.78, 5) is 0. The first-order valence-electron chi connectivity index (χ1n) is 9.01. The predicted octanol–water partition coefficient (Wildman–Crippen LogP) is 6.28. The van der Waals surface area contributed by atoms with E-state index in [-0.39, 0.29) is 5.41 Å². The van der Waals surface area contributed by atoms with Crippen molar-refractivity contribution in [3.63, 3.8) is 0 Å². The van der Waals surface area contributed by atoms with Gasteiger partial charge in [0.05, 0.1) is 13.2 Å². The predicted molar refractivity (Wildman–Crippen MR) is 113 cm³/mol. The van der Waals surface area contributed by atoms with Crippen LogP contribution in [0.4, 0.5) is 5.69 Å². The second-order valence-corrected chi connectivity index (χ2v) is 8.65. The number of allylic oxidation sites excluding steroid dienone is 1. The van der Waals surface area contributed by atoms with E-state index in [1.54, 1.807) is 7.11 Å². The molecule has 3 nitrogen and oxygen atoms in total. The van der Waals surface area contributed by atoms with Crippen LogP contribution in [0.25, 0.3) is 6.08 Å². The molecule has 0 aromatic heterocycles. The maximum absolute atomic E-state index is 9.94. The first kappa shape index (κ1) is 18.4. The van der Waals surface area contributed by atoms with Crippen molar-refractivity contribution in [3.8, 4) is 11.8 Å². The van der Waals surface area contributed by atoms with Gasteiger partial charge in [0.25, 0.3) is 0 Å². The highest BCUT2D eigenvalue weighted by Gasteiger charge is 2.48. The van der Waals surface area contributed by atoms with Crippen LogP contribution in [0.15, 0.2) is 46.9 Å². The minimum atomic E-state index is -0.571. The number of nitrogens with one attached hydrogen (secondary N) is 1. The van der Waals surface area contributed by atoms with Gasteiger partial charge in [-0.05, 0) is 73.2 Å². The van der Waals surface area contributed by atoms with Crippen molar-refractivity contribution in [3.05, 3.63) is 63.1 Å². The van der Waals surface area contributed by atoms with Crippen LogP contribution in [0, 0.1) is 11.3 Å². The van der Waals surface area contributed by atoms with Crippen molar-refractivity contribution in [1.82, 2.24) is 0 Å². The second-order valence-electron chi connectivity index (χ2n) is 7.36. The molecule has 0 amide bonds. The van der Waals surface area contributed by atoms with Gasteiger partial charge in [0.15, 0.2) is 0 Å². The molecule has 0 saturated heterocycles. The molecular weight excluding hydrogens is 424 g/mol. The minimum Gasteiger partial charge on any atom is -0.497 e. The molecule has 5 heteroatoms. The third-order valence-electron chi connectivity index (χ3n) is 5.89. The number of fused-ring (bicyclic) bond motifs is 2. The minimum absolute atomic E-state index is 0.0437. The van der Waals surface area contributed by atoms with Gasteiger partial charge in [0.2, 0.25) is 0 Å². The molecule has 0 heterocycles. The van der Waals surface area contributed by atoms with E-state index in [9.17, 15) is 5.26 Å². The monoisotopic (exact) mass is 442 g/mol. The largest absolute Gasteiger partial charge is 0.497 e. The molecule has 1 spiro atoms. The van der Waals surface area contributed by atoms with E-state index in [1.165, 1.54) is 15.6 Å². The molecular formula is C22H20BrClN2O. The van der Waals surface area contributed by atoms with Crippen LogP contribution >= 0.6 is 27.5 Å². The van der Waals surface area contributed by atoms with E-state index < -0.39 is 5.54 Å². The van der Waals surface area contributed by atoms with E-state index in [0.29, 0.717) is 5.02 Å². The third-order valence-corrected chi connectivity index (χ3v) is 7.12. The Bertz CT molecular complexity index is 955. The smallest absolute Gasteiger partial charge is 0.125 e. The Balaban J connectivity index is 1.60. The molecule has 1 fully saturated rings. The summed E-state index contributed by atoms with van der Waals surface area (Å²) in [7, 11) is 1.69. The van der Waals surface area contributed by atoms with Crippen LogP contribution in [0.5, 0.6) is 5.75 Å². The lowest BCUT2D eigenvalue weighted by Crippen LogP contribution is -2.45. The molecule has 0 radical (unpaired) electrons. The fourth-order valence-corrected chi connectivity index (χ4v) is 5.39. The van der Waals surface area contributed by atoms with Crippen molar-refractivity contribution in [1.29, 1.82) is 5.26 Å². The van der Waals surface area contributed by atoms with Gasteiger partial charge in [0.1, 0.15) is 11.3 Å². The number of nitrogens with zero attached hydrogens (tertiary/aromatic N) is 1. The molecule has 27 heavy (non-hydrogen) atoms. The zero-order valence-corrected chi connectivity index (χ0v) is 17.4. The maximum atomic E-state index is 9.94. The van der Waals surface area contributed by atoms with Gasteiger partial charge in [-0.3, -0.25) is 0 Å². The fraction of sp³-hybridized carbons (Fsp3) is 0.318. The molecule has 1 saturated carbocycles. The Morgan fingerprint density at radius 1 is 1.15 bits per heavy atom. The highest BCUT2D eigenvalue weighted by molar-refractivity contribution is 9.11. The van der Waals surface area contributed by atoms with Gasteiger partial charge in [-0.25, -0.2) is 0 Å². The normalized spacial score (nSPS) is 26.2. The summed E-state index contributed by atoms with van der Waals surface area (Å²) in [5.74, 6) is 0.868. The Morgan fingerprint density at radius 3 is 2.59 bits per heavy atom. The SMILES string of the molecule is COc1ccc2c(c1)C=C(Br)C21CCC(C#N)(Nc2cccc(Cl)c2)CC1. The van der Waals surface area contributed by atoms with E-state index in [1.807, 2.05) is 30.3 Å². The van der Waals surface area contributed by atoms with Crippen molar-refractivity contribution >= 4 is 39.3 Å². The molecule has 2 aromatic rings. The standard InChI is InChI=1S/C22H20BrClN2O/c1-27-18-5-6-19-15(11-18)12-20(23)22(19)9-7-21(14-25,8-10-22)26-17-4-2-3-16(24)13-17/h2-6,11-13,26H,7-10H2,1H3. The number of methoxy groups -OCH3 is 1. The topological polar surface area (TPSA) is 45.0 Å². The Morgan fingerprint density at radius 2 is 1.93 bits per heavy atom. The summed E-state index contributed by atoms with van der Waals surface area (Å²) in [6.07, 6.45) is 5.55. The average molecular weight is 444 g/mol. The van der Waals surface area contributed by atoms with Gasteiger partial charge >= 0.3 is 0 Å². The van der Waals surface area contributed by atoms with Crippen molar-refractivity contribution < 1.29 is 4.74 Å². The number of rotatable bonds is 3. The maximum Gasteiger partial charge on any atom is 0.125 e. The van der Waals surface area contributed by atoms with Crippen molar-refractivity contribution in [2.45, 2.75) is 36.6 Å². The van der Waals surface area contributed by atoms with Crippen molar-refractivity contribution in [2.75, 3.05) is 12.4 Å². The van der Waals surface area contributed by atoms with Gasteiger partial charge in [0, 0.05) is 20.6 Å². The zero-order chi connectivity index (χ0) is 19.1. The molecule has 0 aliphatic heterocycles. The number of halogens is 2. The molecule has 0 bridgehead atoms. The lowest BCUT2D eigenvalue weighted by molar-refractivity contribution is 0.295. The van der Waals surface area contributed by atoms with Gasteiger partial charge < -0.3 is 10.1 Å². The van der Waals surface area contributed by atoms with Crippen LogP contribution in [0.3, 0.4) is 0 Å². The van der Waals surface area contributed by atoms with Gasteiger partial charge in [-0.2, -0.15) is 5.26 Å². The summed E-state index contributed by atoms with van der Waals surface area (Å²) in [5.41, 5.74) is 2.81. The van der Waals surface area contributed by atoms with E-state index >= 15 is 0 Å². The summed E-state index contributed by atoms with van der Waals surface area (Å²) in [6.45, 7) is 0. The highest BCUT2D eigenvalue weighted by Crippen LogP contribution is 2.55. The molecule has 2 aliphatic carbocycles. The Labute approximate surface area is 173 Å². The van der Waals surface area contributed by atoms with E-state index in [4.69, 9.17) is 16.3 Å². The Kier molecular flexibility index (Phi) is 4.70. The van der Waals surface area contributed by atoms with Crippen LogP contribution in [-0.2, 0) is 5.41 Å². The van der Waals surface area contributed by atoms with Crippen LogP contribution < -0.4 is 10.1 Å². The summed E-state index contributed by atoms with van der Waals surface area (Å²) in [5, 5.41) is 14.1. The van der Waals surface area contributed by atoms with Gasteiger partial charge in [-0.15, -0.1) is 0 Å². The quantitative estimate of drug-likeness (QED) is 0.607. The fourth-order valence-electron chi connectivity index (χ4n) is 4.35. The molecule has 2 aliphatic rings. The number of ether oxygens (including phenoxy) is 1. The van der Waals surface area contributed by atoms with Crippen molar-refractivity contribution in [2.24, 2.45) is 0 Å². The number of benzene rings is 2. The first-order chi connectivity index (χ1) is 13.0. The number of hydrogen-bond acceptors (Lipinski definition) is 3. The summed E-state index contributed by atoms with van der Waals surface area (Å²) >= 11 is 9.92. The Hall–Kier alpha value is -1.96. The summed E-state index contributed by atoms with van der Waals surface area (Å²) < 4.78 is 6.57. The van der Waals surface area contributed by atoms with Crippen LogP contribution in [-0.4, -0.2) is 12.6 Å². The van der Waals surface area contributed by atoms with Crippen LogP contribution in [0.2, 0.25) is 5.02 Å². The molecule has 138 valence electrons. The lowest BCUT2D eigenvalue weighted by atomic mass is 9.65. The van der Waals surface area contributed by atoms with Gasteiger partial charge in [-0.1, -0.05) is 39.7 Å². The number of hydrogen-bond donors (Lipinski definition) is 1. The molecule has 1 N–H and O–H groups in total. The van der Waals surface area contributed by atoms with E-state index in [0.717, 1.165) is 37.1 Å². The number of nitriles is 1. The second kappa shape index (κ2) is 6.89. The third kappa shape index (κ3) is 3.13. The first-order valence-corrected chi connectivity index (χ1v) is 10.2. The van der Waals surface area contributed by atoms with E-state index in [2.05, 4.69) is 45.5 Å².